The molecule has 0 aliphatic heterocycles. The predicted octanol–water partition coefficient (Wildman–Crippen LogP) is 7.10. The molecular weight excluding hydrogens is 473 g/mol. The first kappa shape index (κ1) is 23.1. The first-order valence-corrected chi connectivity index (χ1v) is 13.1. The maximum Gasteiger partial charge on any atom is 0.164 e. The second kappa shape index (κ2) is 9.66. The van der Waals surface area contributed by atoms with Gasteiger partial charge in [-0.3, -0.25) is 0 Å². The lowest BCUT2D eigenvalue weighted by molar-refractivity contribution is 1.08. The molecule has 0 N–H and O–H groups in total. The summed E-state index contributed by atoms with van der Waals surface area (Å²) >= 11 is 0. The molecule has 0 spiro atoms. The number of hydrogen-bond acceptors (Lipinski definition) is 3. The molecule has 182 valence electrons. The molecule has 0 amide bonds. The van der Waals surface area contributed by atoms with E-state index in [0.29, 0.717) is 17.5 Å². The fourth-order valence-electron chi connectivity index (χ4n) is 5.30. The summed E-state index contributed by atoms with van der Waals surface area (Å²) in [4.78, 5) is 15.2. The summed E-state index contributed by atoms with van der Waals surface area (Å²) in [6.45, 7) is 0. The minimum atomic E-state index is 0.664. The van der Waals surface area contributed by atoms with Gasteiger partial charge in [-0.05, 0) is 38.7 Å². The number of benzene rings is 6. The minimum Gasteiger partial charge on any atom is -0.208 e. The smallest absolute Gasteiger partial charge is 0.164 e. The van der Waals surface area contributed by atoms with E-state index in [-0.39, 0.29) is 0 Å². The van der Waals surface area contributed by atoms with Crippen LogP contribution in [0.2, 0.25) is 0 Å². The Balaban J connectivity index is 1.50. The SMILES string of the molecule is Bc1cc(-c2ccccc2)cc(-c2nc(-c3cccc4ccccc34)nc(-c3cccc4ccccc34)n2)c1. The second-order valence-electron chi connectivity index (χ2n) is 9.81. The lowest BCUT2D eigenvalue weighted by Crippen LogP contribution is -2.06. The van der Waals surface area contributed by atoms with E-state index in [4.69, 9.17) is 15.0 Å². The van der Waals surface area contributed by atoms with Gasteiger partial charge in [0.15, 0.2) is 17.5 Å². The summed E-state index contributed by atoms with van der Waals surface area (Å²) < 4.78 is 0. The molecule has 0 radical (unpaired) electrons. The van der Waals surface area contributed by atoms with Gasteiger partial charge in [0.1, 0.15) is 7.85 Å². The highest BCUT2D eigenvalue weighted by Crippen LogP contribution is 2.32. The summed E-state index contributed by atoms with van der Waals surface area (Å²) in [7, 11) is 2.12. The maximum absolute atomic E-state index is 5.08. The zero-order valence-corrected chi connectivity index (χ0v) is 21.5. The van der Waals surface area contributed by atoms with Crippen LogP contribution < -0.4 is 5.46 Å². The highest BCUT2D eigenvalue weighted by Gasteiger charge is 2.16. The quantitative estimate of drug-likeness (QED) is 0.244. The van der Waals surface area contributed by atoms with Crippen molar-refractivity contribution in [1.82, 2.24) is 15.0 Å². The highest BCUT2D eigenvalue weighted by molar-refractivity contribution is 6.33. The number of nitrogens with zero attached hydrogens (tertiary/aromatic N) is 3. The van der Waals surface area contributed by atoms with E-state index in [9.17, 15) is 0 Å². The molecule has 0 aliphatic rings. The largest absolute Gasteiger partial charge is 0.208 e. The molecule has 4 heteroatoms. The lowest BCUT2D eigenvalue weighted by atomic mass is 9.89. The summed E-state index contributed by atoms with van der Waals surface area (Å²) in [5.74, 6) is 2.00. The minimum absolute atomic E-state index is 0.664. The average molecular weight is 497 g/mol. The molecule has 39 heavy (non-hydrogen) atoms. The molecule has 0 atom stereocenters. The van der Waals surface area contributed by atoms with Crippen LogP contribution in [-0.4, -0.2) is 22.8 Å². The van der Waals surface area contributed by atoms with Gasteiger partial charge in [-0.1, -0.05) is 133 Å². The molecule has 0 saturated heterocycles. The van der Waals surface area contributed by atoms with E-state index in [0.717, 1.165) is 49.3 Å². The summed E-state index contributed by atoms with van der Waals surface area (Å²) in [6.07, 6.45) is 0. The predicted molar refractivity (Wildman–Crippen MR) is 165 cm³/mol. The molecule has 0 aliphatic carbocycles. The van der Waals surface area contributed by atoms with Crippen LogP contribution in [0.4, 0.5) is 0 Å². The second-order valence-corrected chi connectivity index (χ2v) is 9.81. The Labute approximate surface area is 228 Å². The molecule has 0 bridgehead atoms. The Morgan fingerprint density at radius 1 is 0.385 bits per heavy atom. The van der Waals surface area contributed by atoms with Gasteiger partial charge in [-0.25, -0.2) is 15.0 Å². The third-order valence-corrected chi connectivity index (χ3v) is 7.14. The van der Waals surface area contributed by atoms with Crippen LogP contribution in [0.1, 0.15) is 0 Å². The normalized spacial score (nSPS) is 11.2. The van der Waals surface area contributed by atoms with E-state index in [1.54, 1.807) is 0 Å². The molecule has 3 nitrogen and oxygen atoms in total. The monoisotopic (exact) mass is 497 g/mol. The van der Waals surface area contributed by atoms with Crippen molar-refractivity contribution in [2.45, 2.75) is 0 Å². The van der Waals surface area contributed by atoms with Crippen LogP contribution >= 0.6 is 0 Å². The van der Waals surface area contributed by atoms with Crippen molar-refractivity contribution in [3.8, 4) is 45.3 Å². The van der Waals surface area contributed by atoms with Crippen LogP contribution in [-0.2, 0) is 0 Å². The van der Waals surface area contributed by atoms with Gasteiger partial charge in [-0.15, -0.1) is 0 Å². The van der Waals surface area contributed by atoms with Crippen LogP contribution in [0.25, 0.3) is 66.8 Å². The van der Waals surface area contributed by atoms with Crippen molar-refractivity contribution >= 4 is 34.9 Å². The van der Waals surface area contributed by atoms with Crippen LogP contribution in [0.5, 0.6) is 0 Å². The van der Waals surface area contributed by atoms with E-state index < -0.39 is 0 Å². The summed E-state index contributed by atoms with van der Waals surface area (Å²) in [6, 6.07) is 46.3. The van der Waals surface area contributed by atoms with E-state index in [2.05, 4.69) is 135 Å². The van der Waals surface area contributed by atoms with Gasteiger partial charge >= 0.3 is 0 Å². The molecule has 7 rings (SSSR count). The zero-order chi connectivity index (χ0) is 26.2. The van der Waals surface area contributed by atoms with Gasteiger partial charge in [0.25, 0.3) is 0 Å². The fourth-order valence-corrected chi connectivity index (χ4v) is 5.30. The Hall–Kier alpha value is -5.09. The van der Waals surface area contributed by atoms with Crippen molar-refractivity contribution in [1.29, 1.82) is 0 Å². The van der Waals surface area contributed by atoms with Gasteiger partial charge in [0.05, 0.1) is 0 Å². The van der Waals surface area contributed by atoms with Crippen LogP contribution in [0, 0.1) is 0 Å². The number of hydrogen-bond donors (Lipinski definition) is 0. The lowest BCUT2D eigenvalue weighted by Gasteiger charge is -2.13. The number of fused-ring (bicyclic) bond motifs is 2. The van der Waals surface area contributed by atoms with Gasteiger partial charge < -0.3 is 0 Å². The van der Waals surface area contributed by atoms with Gasteiger partial charge in [0.2, 0.25) is 0 Å². The topological polar surface area (TPSA) is 38.7 Å². The molecule has 1 heterocycles. The van der Waals surface area contributed by atoms with Gasteiger partial charge in [0, 0.05) is 16.7 Å². The molecule has 0 saturated carbocycles. The van der Waals surface area contributed by atoms with Crippen molar-refractivity contribution in [3.05, 3.63) is 133 Å². The standard InChI is InChI=1S/C35H24BN3/c36-28-21-26(23-10-2-1-3-11-23)20-27(22-28)33-37-34(31-18-8-14-24-12-4-6-16-29(24)31)39-35(38-33)32-19-9-15-25-13-5-7-17-30(25)32/h1-22H,36H2. The molecule has 7 aromatic rings. The van der Waals surface area contributed by atoms with Crippen molar-refractivity contribution in [3.63, 3.8) is 0 Å². The summed E-state index contributed by atoms with van der Waals surface area (Å²) in [5, 5.41) is 4.56. The Morgan fingerprint density at radius 3 is 1.49 bits per heavy atom. The fraction of sp³-hybridized carbons (Fsp3) is 0. The first-order valence-electron chi connectivity index (χ1n) is 13.1. The zero-order valence-electron chi connectivity index (χ0n) is 21.5. The number of aromatic nitrogens is 3. The van der Waals surface area contributed by atoms with Crippen LogP contribution in [0.15, 0.2) is 133 Å². The molecule has 1 aromatic heterocycles. The first-order chi connectivity index (χ1) is 19.2. The molecule has 0 fully saturated rings. The van der Waals surface area contributed by atoms with E-state index in [1.807, 2.05) is 6.07 Å². The van der Waals surface area contributed by atoms with Crippen molar-refractivity contribution in [2.75, 3.05) is 0 Å². The van der Waals surface area contributed by atoms with E-state index >= 15 is 0 Å². The molecule has 0 unspecified atom stereocenters. The Bertz CT molecular complexity index is 1870. The third-order valence-electron chi connectivity index (χ3n) is 7.14. The molecule has 6 aromatic carbocycles. The van der Waals surface area contributed by atoms with Crippen molar-refractivity contribution in [2.24, 2.45) is 0 Å². The Kier molecular flexibility index (Phi) is 5.71. The van der Waals surface area contributed by atoms with Crippen LogP contribution in [0.3, 0.4) is 0 Å². The highest BCUT2D eigenvalue weighted by atomic mass is 15.0. The number of rotatable bonds is 4. The Morgan fingerprint density at radius 2 is 0.872 bits per heavy atom. The summed E-state index contributed by atoms with van der Waals surface area (Å²) in [5.41, 5.74) is 6.43. The van der Waals surface area contributed by atoms with Gasteiger partial charge in [-0.2, -0.15) is 0 Å². The third kappa shape index (κ3) is 4.36. The van der Waals surface area contributed by atoms with E-state index in [1.165, 1.54) is 5.56 Å². The molecular formula is C35H24BN3. The average Bonchev–Trinajstić information content (AvgIpc) is 3.00. The maximum atomic E-state index is 5.08. The van der Waals surface area contributed by atoms with Crippen molar-refractivity contribution < 1.29 is 0 Å².